The van der Waals surface area contributed by atoms with E-state index < -0.39 is 0 Å². The summed E-state index contributed by atoms with van der Waals surface area (Å²) in [5.74, 6) is 1.21. The van der Waals surface area contributed by atoms with Crippen molar-refractivity contribution in [3.05, 3.63) is 88.5 Å². The molecule has 0 heterocycles. The number of hydrogen-bond acceptors (Lipinski definition) is 3. The van der Waals surface area contributed by atoms with E-state index in [2.05, 4.69) is 26.0 Å². The topological polar surface area (TPSA) is 60.7 Å². The van der Waals surface area contributed by atoms with Crippen LogP contribution in [0.2, 0.25) is 0 Å². The molecule has 1 atom stereocenters. The number of phenolic OH excluding ortho intramolecular Hbond substituents is 3. The second-order valence-electron chi connectivity index (χ2n) is 7.18. The van der Waals surface area contributed by atoms with Gasteiger partial charge < -0.3 is 15.3 Å². The van der Waals surface area contributed by atoms with Gasteiger partial charge in [-0.2, -0.15) is 0 Å². The lowest BCUT2D eigenvalue weighted by Gasteiger charge is -2.17. The molecule has 0 saturated heterocycles. The Hall–Kier alpha value is -2.94. The molecule has 3 aromatic rings. The number of aromatic hydroxyl groups is 3. The van der Waals surface area contributed by atoms with E-state index in [-0.39, 0.29) is 11.5 Å². The molecular formula is C24H26O3. The maximum atomic E-state index is 10.9. The zero-order chi connectivity index (χ0) is 19.4. The van der Waals surface area contributed by atoms with Crippen LogP contribution in [-0.2, 0) is 12.8 Å². The van der Waals surface area contributed by atoms with Gasteiger partial charge in [0.2, 0.25) is 0 Å². The Morgan fingerprint density at radius 2 is 1.11 bits per heavy atom. The van der Waals surface area contributed by atoms with Crippen LogP contribution in [0.3, 0.4) is 0 Å². The third-order valence-corrected chi connectivity index (χ3v) is 5.13. The Labute approximate surface area is 160 Å². The predicted octanol–water partition coefficient (Wildman–Crippen LogP) is 5.50. The average molecular weight is 362 g/mol. The third-order valence-electron chi connectivity index (χ3n) is 5.13. The fraction of sp³-hybridized carbons (Fsp3) is 0.250. The maximum Gasteiger partial charge on any atom is 0.122 e. The van der Waals surface area contributed by atoms with E-state index in [0.717, 1.165) is 28.7 Å². The van der Waals surface area contributed by atoms with E-state index >= 15 is 0 Å². The van der Waals surface area contributed by atoms with Gasteiger partial charge in [-0.3, -0.25) is 0 Å². The summed E-state index contributed by atoms with van der Waals surface area (Å²) in [5.41, 5.74) is 5.09. The molecule has 0 aliphatic rings. The van der Waals surface area contributed by atoms with E-state index in [1.54, 1.807) is 24.3 Å². The molecule has 1 unspecified atom stereocenters. The Bertz CT molecular complexity index is 827. The lowest BCUT2D eigenvalue weighted by molar-refractivity contribution is 0.462. The summed E-state index contributed by atoms with van der Waals surface area (Å²) in [6.07, 6.45) is 2.25. The molecule has 0 bridgehead atoms. The van der Waals surface area contributed by atoms with Crippen LogP contribution < -0.4 is 0 Å². The molecule has 140 valence electrons. The molecule has 0 fully saturated rings. The standard InChI is InChI=1S/C24H26O3/c1-3-16(2)19-14-20(12-17-4-8-22(25)9-5-17)24(27)21(15-19)13-18-6-10-23(26)11-7-18/h4-11,14-16,25-27H,3,12-13H2,1-2H3. The van der Waals surface area contributed by atoms with Gasteiger partial charge in [-0.05, 0) is 64.4 Å². The minimum absolute atomic E-state index is 0.240. The first-order chi connectivity index (χ1) is 13.0. The summed E-state index contributed by atoms with van der Waals surface area (Å²) >= 11 is 0. The van der Waals surface area contributed by atoms with Crippen molar-refractivity contribution in [3.63, 3.8) is 0 Å². The highest BCUT2D eigenvalue weighted by Crippen LogP contribution is 2.33. The third kappa shape index (κ3) is 4.62. The summed E-state index contributed by atoms with van der Waals surface area (Å²) in [5, 5.41) is 29.9. The highest BCUT2D eigenvalue weighted by atomic mass is 16.3. The highest BCUT2D eigenvalue weighted by molar-refractivity contribution is 5.49. The zero-order valence-corrected chi connectivity index (χ0v) is 15.8. The number of rotatable bonds is 6. The average Bonchev–Trinajstić information content (AvgIpc) is 2.67. The summed E-state index contributed by atoms with van der Waals surface area (Å²) in [6, 6.07) is 18.4. The summed E-state index contributed by atoms with van der Waals surface area (Å²) in [6.45, 7) is 4.36. The molecule has 0 aromatic heterocycles. The molecule has 3 N–H and O–H groups in total. The van der Waals surface area contributed by atoms with Crippen LogP contribution in [0.25, 0.3) is 0 Å². The zero-order valence-electron chi connectivity index (χ0n) is 15.8. The van der Waals surface area contributed by atoms with Crippen molar-refractivity contribution < 1.29 is 15.3 Å². The minimum atomic E-state index is 0.240. The van der Waals surface area contributed by atoms with E-state index in [1.807, 2.05) is 24.3 Å². The van der Waals surface area contributed by atoms with Crippen LogP contribution in [0.5, 0.6) is 17.2 Å². The van der Waals surface area contributed by atoms with Crippen LogP contribution in [-0.4, -0.2) is 15.3 Å². The van der Waals surface area contributed by atoms with Gasteiger partial charge in [0, 0.05) is 12.8 Å². The van der Waals surface area contributed by atoms with E-state index in [4.69, 9.17) is 0 Å². The Balaban J connectivity index is 1.98. The number of hydrogen-bond donors (Lipinski definition) is 3. The van der Waals surface area contributed by atoms with Crippen LogP contribution >= 0.6 is 0 Å². The molecular weight excluding hydrogens is 336 g/mol. The van der Waals surface area contributed by atoms with Gasteiger partial charge in [-0.15, -0.1) is 0 Å². The quantitative estimate of drug-likeness (QED) is 0.543. The normalized spacial score (nSPS) is 12.1. The molecule has 3 aromatic carbocycles. The SMILES string of the molecule is CCC(C)c1cc(Cc2ccc(O)cc2)c(O)c(Cc2ccc(O)cc2)c1. The van der Waals surface area contributed by atoms with Crippen LogP contribution in [0.15, 0.2) is 60.7 Å². The smallest absolute Gasteiger partial charge is 0.122 e. The maximum absolute atomic E-state index is 10.9. The Morgan fingerprint density at radius 3 is 1.48 bits per heavy atom. The van der Waals surface area contributed by atoms with Gasteiger partial charge in [-0.25, -0.2) is 0 Å². The number of benzene rings is 3. The van der Waals surface area contributed by atoms with Gasteiger partial charge in [0.1, 0.15) is 17.2 Å². The van der Waals surface area contributed by atoms with Crippen molar-refractivity contribution in [2.75, 3.05) is 0 Å². The molecule has 0 saturated carbocycles. The summed E-state index contributed by atoms with van der Waals surface area (Å²) < 4.78 is 0. The molecule has 0 amide bonds. The molecule has 0 aliphatic heterocycles. The fourth-order valence-corrected chi connectivity index (χ4v) is 3.24. The minimum Gasteiger partial charge on any atom is -0.508 e. The van der Waals surface area contributed by atoms with Crippen molar-refractivity contribution >= 4 is 0 Å². The first-order valence-corrected chi connectivity index (χ1v) is 9.36. The van der Waals surface area contributed by atoms with Crippen molar-refractivity contribution in [1.29, 1.82) is 0 Å². The van der Waals surface area contributed by atoms with Gasteiger partial charge in [0.05, 0.1) is 0 Å². The molecule has 3 heteroatoms. The van der Waals surface area contributed by atoms with Gasteiger partial charge in [0.15, 0.2) is 0 Å². The second-order valence-corrected chi connectivity index (χ2v) is 7.18. The molecule has 3 rings (SSSR count). The fourth-order valence-electron chi connectivity index (χ4n) is 3.24. The predicted molar refractivity (Wildman–Crippen MR) is 109 cm³/mol. The Kier molecular flexibility index (Phi) is 5.70. The first kappa shape index (κ1) is 18.8. The second kappa shape index (κ2) is 8.17. The van der Waals surface area contributed by atoms with Gasteiger partial charge in [0.25, 0.3) is 0 Å². The monoisotopic (exact) mass is 362 g/mol. The molecule has 0 spiro atoms. The summed E-state index contributed by atoms with van der Waals surface area (Å²) in [4.78, 5) is 0. The van der Waals surface area contributed by atoms with Crippen molar-refractivity contribution in [2.45, 2.75) is 39.0 Å². The van der Waals surface area contributed by atoms with Gasteiger partial charge >= 0.3 is 0 Å². The largest absolute Gasteiger partial charge is 0.508 e. The van der Waals surface area contributed by atoms with E-state index in [9.17, 15) is 15.3 Å². The van der Waals surface area contributed by atoms with Crippen molar-refractivity contribution in [3.8, 4) is 17.2 Å². The molecule has 0 aliphatic carbocycles. The molecule has 0 radical (unpaired) electrons. The molecule has 27 heavy (non-hydrogen) atoms. The van der Waals surface area contributed by atoms with E-state index in [0.29, 0.717) is 24.5 Å². The highest BCUT2D eigenvalue weighted by Gasteiger charge is 2.14. The lowest BCUT2D eigenvalue weighted by Crippen LogP contribution is -2.00. The van der Waals surface area contributed by atoms with Crippen LogP contribution in [0, 0.1) is 0 Å². The molecule has 3 nitrogen and oxygen atoms in total. The van der Waals surface area contributed by atoms with Crippen molar-refractivity contribution in [2.24, 2.45) is 0 Å². The van der Waals surface area contributed by atoms with Gasteiger partial charge in [-0.1, -0.05) is 50.2 Å². The Morgan fingerprint density at radius 1 is 0.704 bits per heavy atom. The van der Waals surface area contributed by atoms with E-state index in [1.165, 1.54) is 5.56 Å². The first-order valence-electron chi connectivity index (χ1n) is 9.36. The van der Waals surface area contributed by atoms with Crippen molar-refractivity contribution in [1.82, 2.24) is 0 Å². The van der Waals surface area contributed by atoms with Crippen LogP contribution in [0.4, 0.5) is 0 Å². The summed E-state index contributed by atoms with van der Waals surface area (Å²) in [7, 11) is 0. The lowest BCUT2D eigenvalue weighted by atomic mass is 9.90. The number of phenols is 3. The van der Waals surface area contributed by atoms with Crippen LogP contribution in [0.1, 0.15) is 54.0 Å².